The van der Waals surface area contributed by atoms with Gasteiger partial charge in [-0.15, -0.1) is 11.3 Å². The number of fused-ring (bicyclic) bond motifs is 4. The van der Waals surface area contributed by atoms with E-state index in [1.807, 2.05) is 31.9 Å². The molecule has 2 aliphatic heterocycles. The van der Waals surface area contributed by atoms with Crippen LogP contribution in [0, 0.1) is 34.2 Å². The van der Waals surface area contributed by atoms with Gasteiger partial charge < -0.3 is 20.7 Å². The van der Waals surface area contributed by atoms with Gasteiger partial charge in [-0.05, 0) is 59.0 Å². The molecule has 4 fully saturated rings. The molecule has 2 atom stereocenters. The van der Waals surface area contributed by atoms with Gasteiger partial charge in [0.1, 0.15) is 39.7 Å². The van der Waals surface area contributed by atoms with Crippen molar-refractivity contribution in [3.8, 4) is 23.3 Å². The van der Waals surface area contributed by atoms with Crippen LogP contribution in [0.1, 0.15) is 50.5 Å². The molecule has 4 aliphatic rings. The minimum absolute atomic E-state index is 0.00698. The lowest BCUT2D eigenvalue weighted by atomic mass is 9.75. The molecule has 2 bridgehead atoms. The third-order valence-electron chi connectivity index (χ3n) is 11.1. The van der Waals surface area contributed by atoms with Gasteiger partial charge in [-0.1, -0.05) is 0 Å². The third kappa shape index (κ3) is 5.25. The van der Waals surface area contributed by atoms with E-state index in [4.69, 9.17) is 15.5 Å². The molecule has 2 unspecified atom stereocenters. The maximum atomic E-state index is 16.7. The molecule has 3 N–H and O–H groups in total. The average Bonchev–Trinajstić information content (AvgIpc) is 3.67. The van der Waals surface area contributed by atoms with Crippen molar-refractivity contribution in [3.63, 3.8) is 0 Å². The average molecular weight is 695 g/mol. The zero-order chi connectivity index (χ0) is 33.4. The molecule has 9 nitrogen and oxygen atoms in total. The standard InChI is InChI=1S/C34H37F3N8OS2/c1-44(2)34(6-3-7-34)15-41-31-21-12-40-28(25-22(35)10-23(36)29-24(25)20(11-38)30(39)48-29)26(37)27(21)42-32(43-31)46-17-33(8-9-33)16-45-18-4-5-19(45)14-47-13-18/h10,12,18-19H,3-9,13-17,39H2,1-2H3,(H,41,42,43). The van der Waals surface area contributed by atoms with Crippen LogP contribution in [0.5, 0.6) is 6.01 Å². The first-order chi connectivity index (χ1) is 23.1. The lowest BCUT2D eigenvalue weighted by Crippen LogP contribution is -2.54. The van der Waals surface area contributed by atoms with Crippen LogP contribution in [-0.2, 0) is 0 Å². The number of rotatable bonds is 10. The molecule has 2 saturated carbocycles. The number of likely N-dealkylation sites (N-methyl/N-ethyl adjacent to an activating group) is 1. The van der Waals surface area contributed by atoms with Crippen LogP contribution in [-0.4, -0.2) is 87.7 Å². The van der Waals surface area contributed by atoms with Crippen LogP contribution in [0.25, 0.3) is 32.2 Å². The number of thiophene rings is 1. The summed E-state index contributed by atoms with van der Waals surface area (Å²) in [6.45, 7) is 1.96. The quantitative estimate of drug-likeness (QED) is 0.193. The molecule has 48 heavy (non-hydrogen) atoms. The first-order valence-electron chi connectivity index (χ1n) is 16.5. The molecule has 2 saturated heterocycles. The Morgan fingerprint density at radius 3 is 2.52 bits per heavy atom. The fraction of sp³-hybridized carbons (Fsp3) is 0.529. The second-order valence-corrected chi connectivity index (χ2v) is 16.2. The van der Waals surface area contributed by atoms with Gasteiger partial charge in [0.05, 0.1) is 22.3 Å². The molecule has 14 heteroatoms. The Kier molecular flexibility index (Phi) is 7.89. The number of thioether (sulfide) groups is 1. The second kappa shape index (κ2) is 11.9. The summed E-state index contributed by atoms with van der Waals surface area (Å²) in [7, 11) is 4.10. The minimum Gasteiger partial charge on any atom is -0.463 e. The van der Waals surface area contributed by atoms with Crippen molar-refractivity contribution in [1.29, 1.82) is 5.26 Å². The van der Waals surface area contributed by atoms with Gasteiger partial charge in [0.2, 0.25) is 0 Å². The largest absolute Gasteiger partial charge is 0.463 e. The second-order valence-electron chi connectivity index (χ2n) is 14.1. The Morgan fingerprint density at radius 2 is 1.88 bits per heavy atom. The van der Waals surface area contributed by atoms with E-state index in [0.29, 0.717) is 42.5 Å². The topological polar surface area (TPSA) is 116 Å². The molecular weight excluding hydrogens is 658 g/mol. The highest BCUT2D eigenvalue weighted by atomic mass is 32.2. The van der Waals surface area contributed by atoms with E-state index < -0.39 is 23.1 Å². The summed E-state index contributed by atoms with van der Waals surface area (Å²) in [6.07, 6.45) is 9.13. The molecule has 8 rings (SSSR count). The molecule has 0 radical (unpaired) electrons. The number of nitrogens with two attached hydrogens (primary N) is 1. The fourth-order valence-corrected chi connectivity index (χ4v) is 10.0. The van der Waals surface area contributed by atoms with Crippen LogP contribution in [0.3, 0.4) is 0 Å². The Bertz CT molecular complexity index is 1960. The predicted molar refractivity (Wildman–Crippen MR) is 184 cm³/mol. The number of nitrogen functional groups attached to an aromatic ring is 1. The molecule has 4 aromatic rings. The van der Waals surface area contributed by atoms with Gasteiger partial charge in [-0.25, -0.2) is 13.2 Å². The number of anilines is 2. The van der Waals surface area contributed by atoms with Crippen molar-refractivity contribution in [2.75, 3.05) is 56.3 Å². The zero-order valence-corrected chi connectivity index (χ0v) is 28.5. The number of pyridine rings is 1. The van der Waals surface area contributed by atoms with E-state index >= 15 is 8.78 Å². The van der Waals surface area contributed by atoms with Gasteiger partial charge in [0.25, 0.3) is 0 Å². The number of benzene rings is 1. The Labute approximate surface area is 285 Å². The summed E-state index contributed by atoms with van der Waals surface area (Å²) in [5, 5.41) is 13.4. The molecule has 5 heterocycles. The number of nitrogens with one attached hydrogen (secondary N) is 1. The van der Waals surface area contributed by atoms with Gasteiger partial charge in [0, 0.05) is 70.8 Å². The summed E-state index contributed by atoms with van der Waals surface area (Å²) >= 11 is 2.86. The Hall–Kier alpha value is -3.38. The molecule has 0 amide bonds. The summed E-state index contributed by atoms with van der Waals surface area (Å²) in [5.41, 5.74) is 4.98. The summed E-state index contributed by atoms with van der Waals surface area (Å²) in [6, 6.07) is 3.86. The smallest absolute Gasteiger partial charge is 0.319 e. The van der Waals surface area contributed by atoms with Gasteiger partial charge in [-0.3, -0.25) is 9.88 Å². The number of ether oxygens (including phenoxy) is 1. The van der Waals surface area contributed by atoms with Crippen LogP contribution >= 0.6 is 23.1 Å². The fourth-order valence-electron chi connectivity index (χ4n) is 7.69. The van der Waals surface area contributed by atoms with E-state index in [0.717, 1.165) is 50.0 Å². The van der Waals surface area contributed by atoms with E-state index in [1.54, 1.807) is 0 Å². The Morgan fingerprint density at radius 1 is 1.12 bits per heavy atom. The first-order valence-corrected chi connectivity index (χ1v) is 18.4. The number of nitrogens with zero attached hydrogens (tertiary/aromatic N) is 6. The van der Waals surface area contributed by atoms with E-state index in [9.17, 15) is 9.65 Å². The minimum atomic E-state index is -1.05. The van der Waals surface area contributed by atoms with Crippen LogP contribution in [0.4, 0.5) is 24.0 Å². The lowest BCUT2D eigenvalue weighted by molar-refractivity contribution is 0.0738. The van der Waals surface area contributed by atoms with Crippen molar-refractivity contribution in [2.24, 2.45) is 5.41 Å². The number of hydrogen-bond acceptors (Lipinski definition) is 11. The van der Waals surface area contributed by atoms with Crippen LogP contribution in [0.2, 0.25) is 0 Å². The monoisotopic (exact) mass is 694 g/mol. The highest BCUT2D eigenvalue weighted by molar-refractivity contribution is 7.99. The first kappa shape index (κ1) is 31.9. The number of nitriles is 1. The Balaban J connectivity index is 1.18. The van der Waals surface area contributed by atoms with Crippen LogP contribution in [0.15, 0.2) is 12.3 Å². The van der Waals surface area contributed by atoms with E-state index in [2.05, 4.69) is 25.1 Å². The molecule has 0 spiro atoms. The molecule has 2 aliphatic carbocycles. The third-order valence-corrected chi connectivity index (χ3v) is 13.4. The van der Waals surface area contributed by atoms with Gasteiger partial charge >= 0.3 is 6.01 Å². The highest BCUT2D eigenvalue weighted by Crippen LogP contribution is 2.49. The summed E-state index contributed by atoms with van der Waals surface area (Å²) in [5.74, 6) is -0.129. The summed E-state index contributed by atoms with van der Waals surface area (Å²) < 4.78 is 53.3. The molecular formula is C34H37F3N8OS2. The maximum Gasteiger partial charge on any atom is 0.319 e. The number of hydrogen-bond donors (Lipinski definition) is 2. The predicted octanol–water partition coefficient (Wildman–Crippen LogP) is 6.41. The molecule has 3 aromatic heterocycles. The molecule has 252 valence electrons. The normalized spacial score (nSPS) is 22.6. The van der Waals surface area contributed by atoms with Crippen molar-refractivity contribution in [3.05, 3.63) is 35.3 Å². The van der Waals surface area contributed by atoms with Crippen molar-refractivity contribution >= 4 is 54.9 Å². The van der Waals surface area contributed by atoms with Gasteiger partial charge in [0.15, 0.2) is 5.82 Å². The number of halogens is 3. The van der Waals surface area contributed by atoms with Crippen LogP contribution < -0.4 is 15.8 Å². The van der Waals surface area contributed by atoms with Crippen molar-refractivity contribution < 1.29 is 17.9 Å². The van der Waals surface area contributed by atoms with E-state index in [-0.39, 0.29) is 48.7 Å². The maximum absolute atomic E-state index is 16.7. The van der Waals surface area contributed by atoms with Crippen molar-refractivity contribution in [2.45, 2.75) is 62.6 Å². The SMILES string of the molecule is CN(C)C1(CNc2nc(OCC3(CN4C5CCC4CSC5)CC3)nc3c(F)c(-c4c(F)cc(F)c5sc(N)c(C#N)c45)ncc23)CCC1. The highest BCUT2D eigenvalue weighted by Gasteiger charge is 2.49. The van der Waals surface area contributed by atoms with Gasteiger partial charge in [-0.2, -0.15) is 27.0 Å². The molecule has 1 aromatic carbocycles. The van der Waals surface area contributed by atoms with Crippen molar-refractivity contribution in [1.82, 2.24) is 24.8 Å². The number of aromatic nitrogens is 3. The zero-order valence-electron chi connectivity index (χ0n) is 26.9. The summed E-state index contributed by atoms with van der Waals surface area (Å²) in [4.78, 5) is 18.5. The van der Waals surface area contributed by atoms with E-state index in [1.165, 1.54) is 30.5 Å². The lowest BCUT2D eigenvalue weighted by Gasteiger charge is -2.47.